The van der Waals surface area contributed by atoms with Crippen molar-refractivity contribution in [3.05, 3.63) is 60.5 Å². The van der Waals surface area contributed by atoms with Gasteiger partial charge in [-0.3, -0.25) is 0 Å². The lowest BCUT2D eigenvalue weighted by molar-refractivity contribution is 0.315. The van der Waals surface area contributed by atoms with Crippen molar-refractivity contribution < 1.29 is 4.52 Å². The maximum Gasteiger partial charge on any atom is 0.213 e. The van der Waals surface area contributed by atoms with Gasteiger partial charge in [-0.1, -0.05) is 29.4 Å². The van der Waals surface area contributed by atoms with Gasteiger partial charge in [0.15, 0.2) is 11.5 Å². The Balaban J connectivity index is 1.28. The van der Waals surface area contributed by atoms with Crippen LogP contribution >= 0.6 is 0 Å². The van der Waals surface area contributed by atoms with Gasteiger partial charge in [-0.05, 0) is 48.6 Å². The molecule has 0 amide bonds. The second-order valence-corrected chi connectivity index (χ2v) is 7.55. The van der Waals surface area contributed by atoms with Gasteiger partial charge in [0.25, 0.3) is 0 Å². The van der Waals surface area contributed by atoms with E-state index in [1.165, 1.54) is 37.6 Å². The summed E-state index contributed by atoms with van der Waals surface area (Å²) in [5.74, 6) is 2.71. The third-order valence-electron chi connectivity index (χ3n) is 5.87. The van der Waals surface area contributed by atoms with Crippen molar-refractivity contribution in [2.24, 2.45) is 5.92 Å². The van der Waals surface area contributed by atoms with Crippen LogP contribution in [0.3, 0.4) is 0 Å². The van der Waals surface area contributed by atoms with E-state index >= 15 is 0 Å². The van der Waals surface area contributed by atoms with E-state index < -0.39 is 0 Å². The lowest BCUT2D eigenvalue weighted by Crippen LogP contribution is -2.15. The average Bonchev–Trinajstić information content (AvgIpc) is 3.41. The first-order chi connectivity index (χ1) is 13.8. The molecule has 1 aliphatic carbocycles. The van der Waals surface area contributed by atoms with Crippen molar-refractivity contribution in [2.75, 3.05) is 5.73 Å². The van der Waals surface area contributed by atoms with Gasteiger partial charge in [0.2, 0.25) is 6.39 Å². The van der Waals surface area contributed by atoms with Crippen molar-refractivity contribution >= 4 is 11.5 Å². The fraction of sp³-hybridized carbons (Fsp3) is 0.333. The fourth-order valence-electron chi connectivity index (χ4n) is 4.29. The van der Waals surface area contributed by atoms with E-state index in [2.05, 4.69) is 44.5 Å². The van der Waals surface area contributed by atoms with E-state index in [4.69, 9.17) is 10.3 Å². The minimum absolute atomic E-state index is 0.611. The Hall–Kier alpha value is -3.22. The third kappa shape index (κ3) is 3.13. The first kappa shape index (κ1) is 16.9. The topological polar surface area (TPSA) is 95.1 Å². The SMILES string of the molecule is Nc1c(-c2ccc(C3CCC(Cc4ncon4)CC3)cc2)cnc2ccnn12. The zero-order valence-electron chi connectivity index (χ0n) is 15.5. The molecule has 3 aromatic heterocycles. The van der Waals surface area contributed by atoms with Crippen molar-refractivity contribution in [2.45, 2.75) is 38.0 Å². The second-order valence-electron chi connectivity index (χ2n) is 7.55. The van der Waals surface area contributed by atoms with E-state index in [1.54, 1.807) is 10.7 Å². The summed E-state index contributed by atoms with van der Waals surface area (Å²) in [6, 6.07) is 10.6. The molecule has 0 unspecified atom stereocenters. The first-order valence-electron chi connectivity index (χ1n) is 9.72. The van der Waals surface area contributed by atoms with Crippen LogP contribution in [0.4, 0.5) is 5.82 Å². The van der Waals surface area contributed by atoms with E-state index in [1.807, 2.05) is 12.3 Å². The molecule has 2 N–H and O–H groups in total. The number of hydrogen-bond donors (Lipinski definition) is 1. The van der Waals surface area contributed by atoms with Crippen LogP contribution in [0.2, 0.25) is 0 Å². The Bertz CT molecular complexity index is 1060. The summed E-state index contributed by atoms with van der Waals surface area (Å²) in [5.41, 5.74) is 10.4. The van der Waals surface area contributed by atoms with Gasteiger partial charge < -0.3 is 10.3 Å². The van der Waals surface area contributed by atoms with Crippen LogP contribution in [0.25, 0.3) is 16.8 Å². The normalized spacial score (nSPS) is 19.9. The zero-order chi connectivity index (χ0) is 18.9. The number of fused-ring (bicyclic) bond motifs is 1. The number of anilines is 1. The Morgan fingerprint density at radius 2 is 1.86 bits per heavy atom. The van der Waals surface area contributed by atoms with Gasteiger partial charge in [-0.15, -0.1) is 0 Å². The smallest absolute Gasteiger partial charge is 0.213 e. The number of aromatic nitrogens is 5. The summed E-state index contributed by atoms with van der Waals surface area (Å²) in [7, 11) is 0. The lowest BCUT2D eigenvalue weighted by Gasteiger charge is -2.28. The van der Waals surface area contributed by atoms with Gasteiger partial charge in [0.05, 0.1) is 6.20 Å². The maximum absolute atomic E-state index is 6.29. The zero-order valence-corrected chi connectivity index (χ0v) is 15.5. The number of rotatable bonds is 4. The second kappa shape index (κ2) is 7.07. The van der Waals surface area contributed by atoms with E-state index in [0.29, 0.717) is 17.7 Å². The molecule has 1 aliphatic rings. The maximum atomic E-state index is 6.29. The van der Waals surface area contributed by atoms with E-state index in [0.717, 1.165) is 29.0 Å². The Morgan fingerprint density at radius 1 is 1.04 bits per heavy atom. The van der Waals surface area contributed by atoms with Crippen LogP contribution in [0.5, 0.6) is 0 Å². The largest absolute Gasteiger partial charge is 0.383 e. The van der Waals surface area contributed by atoms with Crippen LogP contribution in [0.1, 0.15) is 43.0 Å². The van der Waals surface area contributed by atoms with Crippen LogP contribution in [0.15, 0.2) is 53.6 Å². The molecule has 0 saturated heterocycles. The van der Waals surface area contributed by atoms with Crippen molar-refractivity contribution in [3.63, 3.8) is 0 Å². The highest BCUT2D eigenvalue weighted by Crippen LogP contribution is 2.37. The number of nitrogen functional groups attached to an aromatic ring is 1. The van der Waals surface area contributed by atoms with E-state index in [9.17, 15) is 0 Å². The number of nitrogens with zero attached hydrogens (tertiary/aromatic N) is 5. The Morgan fingerprint density at radius 3 is 2.61 bits per heavy atom. The molecule has 3 heterocycles. The van der Waals surface area contributed by atoms with E-state index in [-0.39, 0.29) is 0 Å². The molecule has 1 aromatic carbocycles. The molecular formula is C21H22N6O. The monoisotopic (exact) mass is 374 g/mol. The molecular weight excluding hydrogens is 352 g/mol. The lowest BCUT2D eigenvalue weighted by atomic mass is 9.77. The molecule has 7 heteroatoms. The van der Waals surface area contributed by atoms with Gasteiger partial charge in [-0.2, -0.15) is 14.6 Å². The third-order valence-corrected chi connectivity index (χ3v) is 5.87. The molecule has 0 bridgehead atoms. The van der Waals surface area contributed by atoms with Crippen LogP contribution in [0, 0.1) is 5.92 Å². The number of benzene rings is 1. The molecule has 0 spiro atoms. The summed E-state index contributed by atoms with van der Waals surface area (Å²) >= 11 is 0. The van der Waals surface area contributed by atoms with Crippen LogP contribution < -0.4 is 5.73 Å². The fourth-order valence-corrected chi connectivity index (χ4v) is 4.29. The summed E-state index contributed by atoms with van der Waals surface area (Å²) in [4.78, 5) is 8.58. The van der Waals surface area contributed by atoms with Gasteiger partial charge in [-0.25, -0.2) is 4.98 Å². The summed E-state index contributed by atoms with van der Waals surface area (Å²) in [6.45, 7) is 0. The van der Waals surface area contributed by atoms with Crippen LogP contribution in [-0.4, -0.2) is 24.7 Å². The molecule has 0 aliphatic heterocycles. The van der Waals surface area contributed by atoms with Gasteiger partial charge in [0.1, 0.15) is 5.82 Å². The molecule has 1 saturated carbocycles. The van der Waals surface area contributed by atoms with Crippen molar-refractivity contribution in [1.82, 2.24) is 24.7 Å². The summed E-state index contributed by atoms with van der Waals surface area (Å²) in [5, 5.41) is 8.18. The quantitative estimate of drug-likeness (QED) is 0.582. The predicted octanol–water partition coefficient (Wildman–Crippen LogP) is 3.88. The highest BCUT2D eigenvalue weighted by molar-refractivity contribution is 5.75. The molecule has 28 heavy (non-hydrogen) atoms. The summed E-state index contributed by atoms with van der Waals surface area (Å²) < 4.78 is 6.52. The highest BCUT2D eigenvalue weighted by atomic mass is 16.5. The van der Waals surface area contributed by atoms with Gasteiger partial charge >= 0.3 is 0 Å². The number of nitrogens with two attached hydrogens (primary N) is 1. The molecule has 142 valence electrons. The standard InChI is InChI=1S/C21H22N6O/c22-21-18(12-23-20-9-10-25-27(20)21)17-7-5-16(6-8-17)15-3-1-14(2-4-15)11-19-24-13-28-26-19/h5-10,12-15H,1-4,11,22H2. The van der Waals surface area contributed by atoms with Crippen LogP contribution in [-0.2, 0) is 6.42 Å². The minimum atomic E-state index is 0.611. The van der Waals surface area contributed by atoms with Gasteiger partial charge in [0, 0.05) is 24.2 Å². The minimum Gasteiger partial charge on any atom is -0.383 e. The molecule has 0 atom stereocenters. The Kier molecular flexibility index (Phi) is 4.27. The average molecular weight is 374 g/mol. The molecule has 1 fully saturated rings. The Labute approximate surface area is 162 Å². The summed E-state index contributed by atoms with van der Waals surface area (Å²) in [6.07, 6.45) is 10.7. The molecule has 4 aromatic rings. The predicted molar refractivity (Wildman–Crippen MR) is 106 cm³/mol. The first-order valence-corrected chi connectivity index (χ1v) is 9.72. The molecule has 5 rings (SSSR count). The van der Waals surface area contributed by atoms with Crippen molar-refractivity contribution in [3.8, 4) is 11.1 Å². The highest BCUT2D eigenvalue weighted by Gasteiger charge is 2.23. The van der Waals surface area contributed by atoms with Crippen molar-refractivity contribution in [1.29, 1.82) is 0 Å². The number of hydrogen-bond acceptors (Lipinski definition) is 6. The molecule has 7 nitrogen and oxygen atoms in total. The molecule has 0 radical (unpaired) electrons.